The minimum Gasteiger partial charge on any atom is -0.348 e. The van der Waals surface area contributed by atoms with E-state index in [4.69, 9.17) is 11.6 Å². The number of hydrogen-bond donors (Lipinski definition) is 2. The molecule has 1 aromatic heterocycles. The number of aromatic nitrogens is 2. The SMILES string of the molecule is Cl.O=C(N[C@H]1CCCNC1)c1cnn(Cc2ccccc2Cl)c1. The number of nitrogens with one attached hydrogen (secondary N) is 2. The van der Waals surface area contributed by atoms with Crippen molar-refractivity contribution in [1.82, 2.24) is 20.4 Å². The molecule has 2 heterocycles. The van der Waals surface area contributed by atoms with Crippen LogP contribution in [0.4, 0.5) is 0 Å². The molecule has 1 aliphatic heterocycles. The average Bonchev–Trinajstić information content (AvgIpc) is 2.99. The van der Waals surface area contributed by atoms with Gasteiger partial charge < -0.3 is 10.6 Å². The Morgan fingerprint density at radius 2 is 2.26 bits per heavy atom. The minimum atomic E-state index is -0.0703. The van der Waals surface area contributed by atoms with Crippen LogP contribution >= 0.6 is 24.0 Å². The minimum absolute atomic E-state index is 0. The highest BCUT2D eigenvalue weighted by molar-refractivity contribution is 6.31. The molecule has 0 radical (unpaired) electrons. The van der Waals surface area contributed by atoms with Gasteiger partial charge in [0.2, 0.25) is 0 Å². The molecule has 1 aromatic carbocycles. The zero-order valence-electron chi connectivity index (χ0n) is 12.7. The fraction of sp³-hybridized carbons (Fsp3) is 0.375. The molecule has 2 N–H and O–H groups in total. The Kier molecular flexibility index (Phi) is 6.45. The Hall–Kier alpha value is -1.56. The monoisotopic (exact) mass is 354 g/mol. The number of nitrogens with zero attached hydrogens (tertiary/aromatic N) is 2. The van der Waals surface area contributed by atoms with Crippen LogP contribution < -0.4 is 10.6 Å². The van der Waals surface area contributed by atoms with E-state index in [-0.39, 0.29) is 24.4 Å². The maximum atomic E-state index is 12.2. The molecule has 124 valence electrons. The summed E-state index contributed by atoms with van der Waals surface area (Å²) in [6.07, 6.45) is 5.47. The van der Waals surface area contributed by atoms with E-state index < -0.39 is 0 Å². The molecule has 23 heavy (non-hydrogen) atoms. The average molecular weight is 355 g/mol. The summed E-state index contributed by atoms with van der Waals surface area (Å²) in [6, 6.07) is 7.84. The highest BCUT2D eigenvalue weighted by Crippen LogP contribution is 2.16. The van der Waals surface area contributed by atoms with Crippen molar-refractivity contribution in [3.05, 3.63) is 52.8 Å². The first-order valence-corrected chi connectivity index (χ1v) is 7.87. The second kappa shape index (κ2) is 8.34. The van der Waals surface area contributed by atoms with Gasteiger partial charge in [0.05, 0.1) is 18.3 Å². The number of benzene rings is 1. The molecule has 3 rings (SSSR count). The summed E-state index contributed by atoms with van der Waals surface area (Å²) < 4.78 is 1.73. The quantitative estimate of drug-likeness (QED) is 0.886. The third kappa shape index (κ3) is 4.70. The smallest absolute Gasteiger partial charge is 0.254 e. The summed E-state index contributed by atoms with van der Waals surface area (Å²) in [5.74, 6) is -0.0703. The van der Waals surface area contributed by atoms with E-state index in [0.29, 0.717) is 17.1 Å². The number of carbonyl (C=O) groups is 1. The van der Waals surface area contributed by atoms with Crippen LogP contribution in [0.1, 0.15) is 28.8 Å². The summed E-state index contributed by atoms with van der Waals surface area (Å²) in [7, 11) is 0. The van der Waals surface area contributed by atoms with E-state index >= 15 is 0 Å². The molecule has 0 saturated carbocycles. The number of hydrogen-bond acceptors (Lipinski definition) is 3. The Morgan fingerprint density at radius 1 is 1.43 bits per heavy atom. The highest BCUT2D eigenvalue weighted by Gasteiger charge is 2.17. The van der Waals surface area contributed by atoms with Crippen LogP contribution in [-0.2, 0) is 6.54 Å². The molecule has 1 fully saturated rings. The van der Waals surface area contributed by atoms with Crippen LogP contribution in [0.2, 0.25) is 5.02 Å². The van der Waals surface area contributed by atoms with Gasteiger partial charge in [0, 0.05) is 23.8 Å². The predicted octanol–water partition coefficient (Wildman–Crippen LogP) is 2.49. The Balaban J connectivity index is 0.00000192. The van der Waals surface area contributed by atoms with Gasteiger partial charge in [-0.2, -0.15) is 5.10 Å². The molecule has 0 unspecified atom stereocenters. The first kappa shape index (κ1) is 17.8. The Labute approximate surface area is 146 Å². The molecule has 0 aliphatic carbocycles. The molecule has 1 atom stereocenters. The van der Waals surface area contributed by atoms with Gasteiger partial charge in [0.15, 0.2) is 0 Å². The van der Waals surface area contributed by atoms with E-state index in [2.05, 4.69) is 15.7 Å². The molecule has 0 spiro atoms. The van der Waals surface area contributed by atoms with E-state index in [1.807, 2.05) is 24.3 Å². The van der Waals surface area contributed by atoms with Crippen LogP contribution in [0.5, 0.6) is 0 Å². The van der Waals surface area contributed by atoms with Gasteiger partial charge in [-0.1, -0.05) is 29.8 Å². The Bertz CT molecular complexity index is 653. The summed E-state index contributed by atoms with van der Waals surface area (Å²) in [5, 5.41) is 11.3. The van der Waals surface area contributed by atoms with Gasteiger partial charge >= 0.3 is 0 Å². The fourth-order valence-corrected chi connectivity index (χ4v) is 2.81. The zero-order valence-corrected chi connectivity index (χ0v) is 14.2. The van der Waals surface area contributed by atoms with E-state index in [0.717, 1.165) is 31.5 Å². The van der Waals surface area contributed by atoms with E-state index in [9.17, 15) is 4.79 Å². The van der Waals surface area contributed by atoms with Crippen LogP contribution in [0, 0.1) is 0 Å². The molecule has 0 bridgehead atoms. The van der Waals surface area contributed by atoms with Gasteiger partial charge in [0.1, 0.15) is 0 Å². The summed E-state index contributed by atoms with van der Waals surface area (Å²) in [5.41, 5.74) is 1.56. The summed E-state index contributed by atoms with van der Waals surface area (Å²) in [6.45, 7) is 2.42. The van der Waals surface area contributed by atoms with Crippen LogP contribution in [0.3, 0.4) is 0 Å². The van der Waals surface area contributed by atoms with Crippen molar-refractivity contribution >= 4 is 29.9 Å². The van der Waals surface area contributed by atoms with Crippen molar-refractivity contribution in [3.63, 3.8) is 0 Å². The summed E-state index contributed by atoms with van der Waals surface area (Å²) >= 11 is 6.14. The maximum absolute atomic E-state index is 12.2. The van der Waals surface area contributed by atoms with Gasteiger partial charge in [0.25, 0.3) is 5.91 Å². The molecule has 1 aliphatic rings. The first-order chi connectivity index (χ1) is 10.7. The van der Waals surface area contributed by atoms with Crippen molar-refractivity contribution in [2.24, 2.45) is 0 Å². The van der Waals surface area contributed by atoms with E-state index in [1.54, 1.807) is 17.1 Å². The summed E-state index contributed by atoms with van der Waals surface area (Å²) in [4.78, 5) is 12.2. The lowest BCUT2D eigenvalue weighted by Crippen LogP contribution is -2.45. The molecular weight excluding hydrogens is 335 g/mol. The maximum Gasteiger partial charge on any atom is 0.254 e. The van der Waals surface area contributed by atoms with Crippen molar-refractivity contribution in [2.45, 2.75) is 25.4 Å². The molecule has 2 aromatic rings. The van der Waals surface area contributed by atoms with Gasteiger partial charge in [-0.3, -0.25) is 9.48 Å². The van der Waals surface area contributed by atoms with Crippen molar-refractivity contribution in [2.75, 3.05) is 13.1 Å². The molecule has 1 amide bonds. The van der Waals surface area contributed by atoms with Gasteiger partial charge in [-0.15, -0.1) is 12.4 Å². The van der Waals surface area contributed by atoms with Gasteiger partial charge in [-0.25, -0.2) is 0 Å². The normalized spacial score (nSPS) is 17.3. The topological polar surface area (TPSA) is 59.0 Å². The second-order valence-corrected chi connectivity index (χ2v) is 5.94. The molecule has 5 nitrogen and oxygen atoms in total. The highest BCUT2D eigenvalue weighted by atomic mass is 35.5. The Morgan fingerprint density at radius 3 is 3.00 bits per heavy atom. The van der Waals surface area contributed by atoms with Crippen LogP contribution in [0.15, 0.2) is 36.7 Å². The predicted molar refractivity (Wildman–Crippen MR) is 93.4 cm³/mol. The third-order valence-electron chi connectivity index (χ3n) is 3.82. The second-order valence-electron chi connectivity index (χ2n) is 5.53. The fourth-order valence-electron chi connectivity index (χ4n) is 2.61. The molecule has 1 saturated heterocycles. The van der Waals surface area contributed by atoms with Crippen molar-refractivity contribution in [1.29, 1.82) is 0 Å². The number of amides is 1. The van der Waals surface area contributed by atoms with Crippen LogP contribution in [0.25, 0.3) is 0 Å². The van der Waals surface area contributed by atoms with E-state index in [1.165, 1.54) is 0 Å². The largest absolute Gasteiger partial charge is 0.348 e. The van der Waals surface area contributed by atoms with Gasteiger partial charge in [-0.05, 0) is 31.0 Å². The number of piperidine rings is 1. The lowest BCUT2D eigenvalue weighted by Gasteiger charge is -2.23. The molecular formula is C16H20Cl2N4O. The molecule has 7 heteroatoms. The third-order valence-corrected chi connectivity index (χ3v) is 4.19. The lowest BCUT2D eigenvalue weighted by atomic mass is 10.1. The van der Waals surface area contributed by atoms with Crippen molar-refractivity contribution in [3.8, 4) is 0 Å². The number of carbonyl (C=O) groups excluding carboxylic acids is 1. The number of rotatable bonds is 4. The number of halogens is 2. The first-order valence-electron chi connectivity index (χ1n) is 7.50. The zero-order chi connectivity index (χ0) is 15.4. The van der Waals surface area contributed by atoms with Crippen LogP contribution in [-0.4, -0.2) is 34.8 Å². The standard InChI is InChI=1S/C16H19ClN4O.ClH/c17-15-6-2-1-4-12(15)10-21-11-13(8-19-21)16(22)20-14-5-3-7-18-9-14;/h1-2,4,6,8,11,14,18H,3,5,7,9-10H2,(H,20,22);1H/t14-;/m0./s1. The van der Waals surface area contributed by atoms with Crippen molar-refractivity contribution < 1.29 is 4.79 Å². The lowest BCUT2D eigenvalue weighted by molar-refractivity contribution is 0.0930.